The Balaban J connectivity index is 2.13. The maximum absolute atomic E-state index is 4.53. The van der Waals surface area contributed by atoms with E-state index < -0.39 is 0 Å². The zero-order valence-corrected chi connectivity index (χ0v) is 12.5. The molecule has 0 aromatic carbocycles. The van der Waals surface area contributed by atoms with Crippen molar-refractivity contribution in [2.75, 3.05) is 6.54 Å². The first kappa shape index (κ1) is 14.1. The maximum Gasteiger partial charge on any atom is 0.0947 e. The van der Waals surface area contributed by atoms with E-state index in [-0.39, 0.29) is 6.04 Å². The van der Waals surface area contributed by atoms with Gasteiger partial charge in [0.1, 0.15) is 0 Å². The summed E-state index contributed by atoms with van der Waals surface area (Å²) in [4.78, 5) is 13.4. The summed E-state index contributed by atoms with van der Waals surface area (Å²) in [6.45, 7) is 7.12. The van der Waals surface area contributed by atoms with Crippen molar-refractivity contribution in [1.29, 1.82) is 0 Å². The highest BCUT2D eigenvalue weighted by Crippen LogP contribution is 2.19. The van der Waals surface area contributed by atoms with Gasteiger partial charge in [0.15, 0.2) is 0 Å². The Hall–Kier alpha value is -1.33. The van der Waals surface area contributed by atoms with Gasteiger partial charge in [0, 0.05) is 23.7 Å². The molecule has 19 heavy (non-hydrogen) atoms. The molecular weight excluding hydrogens is 256 g/mol. The molecule has 0 radical (unpaired) electrons. The van der Waals surface area contributed by atoms with Crippen LogP contribution in [0.2, 0.25) is 0 Å². The number of thiazole rings is 1. The minimum Gasteiger partial charge on any atom is -0.308 e. The summed E-state index contributed by atoms with van der Waals surface area (Å²) in [5.41, 5.74) is 3.03. The standard InChI is InChI=1S/C14H20N4S/c1-4-5-15-12(6-14-18-11(3)9-19-14)13-8-16-10(2)7-17-13/h7-9,12,15H,4-6H2,1-3H3. The van der Waals surface area contributed by atoms with Crippen molar-refractivity contribution in [2.24, 2.45) is 0 Å². The van der Waals surface area contributed by atoms with E-state index in [4.69, 9.17) is 0 Å². The molecule has 2 aromatic heterocycles. The third-order valence-corrected chi connectivity index (χ3v) is 3.83. The van der Waals surface area contributed by atoms with Crippen LogP contribution in [0.25, 0.3) is 0 Å². The van der Waals surface area contributed by atoms with Gasteiger partial charge in [-0.05, 0) is 26.8 Å². The average Bonchev–Trinajstić information content (AvgIpc) is 2.81. The summed E-state index contributed by atoms with van der Waals surface area (Å²) in [7, 11) is 0. The molecule has 0 fully saturated rings. The zero-order valence-electron chi connectivity index (χ0n) is 11.7. The summed E-state index contributed by atoms with van der Waals surface area (Å²) >= 11 is 1.71. The van der Waals surface area contributed by atoms with Crippen molar-refractivity contribution in [3.63, 3.8) is 0 Å². The fourth-order valence-electron chi connectivity index (χ4n) is 1.85. The number of rotatable bonds is 6. The predicted molar refractivity (Wildman–Crippen MR) is 78.4 cm³/mol. The lowest BCUT2D eigenvalue weighted by Crippen LogP contribution is -2.25. The molecule has 0 aliphatic rings. The van der Waals surface area contributed by atoms with Crippen molar-refractivity contribution in [3.05, 3.63) is 39.9 Å². The highest BCUT2D eigenvalue weighted by atomic mass is 32.1. The van der Waals surface area contributed by atoms with Crippen LogP contribution in [-0.2, 0) is 6.42 Å². The predicted octanol–water partition coefficient (Wildman–Crippen LogP) is 2.83. The maximum atomic E-state index is 4.53. The number of hydrogen-bond acceptors (Lipinski definition) is 5. The first-order valence-electron chi connectivity index (χ1n) is 6.62. The summed E-state index contributed by atoms with van der Waals surface area (Å²) in [6, 6.07) is 0.193. The molecule has 2 rings (SSSR count). The topological polar surface area (TPSA) is 50.7 Å². The molecule has 0 spiro atoms. The molecule has 0 saturated carbocycles. The van der Waals surface area contributed by atoms with Crippen LogP contribution in [0.3, 0.4) is 0 Å². The average molecular weight is 276 g/mol. The van der Waals surface area contributed by atoms with E-state index in [0.717, 1.165) is 41.5 Å². The summed E-state index contributed by atoms with van der Waals surface area (Å²) in [6.07, 6.45) is 5.66. The lowest BCUT2D eigenvalue weighted by Gasteiger charge is -2.16. The molecule has 5 heteroatoms. The summed E-state index contributed by atoms with van der Waals surface area (Å²) < 4.78 is 0. The first-order valence-corrected chi connectivity index (χ1v) is 7.50. The molecule has 2 aromatic rings. The second-order valence-electron chi connectivity index (χ2n) is 4.68. The molecule has 2 heterocycles. The van der Waals surface area contributed by atoms with Crippen LogP contribution < -0.4 is 5.32 Å². The lowest BCUT2D eigenvalue weighted by atomic mass is 10.1. The molecule has 1 unspecified atom stereocenters. The van der Waals surface area contributed by atoms with Gasteiger partial charge in [0.05, 0.1) is 28.6 Å². The Labute approximate surface area is 118 Å². The number of aromatic nitrogens is 3. The van der Waals surface area contributed by atoms with Gasteiger partial charge in [-0.1, -0.05) is 6.92 Å². The van der Waals surface area contributed by atoms with Gasteiger partial charge in [-0.15, -0.1) is 11.3 Å². The van der Waals surface area contributed by atoms with Crippen LogP contribution in [0.1, 0.15) is 41.5 Å². The van der Waals surface area contributed by atoms with E-state index >= 15 is 0 Å². The lowest BCUT2D eigenvalue weighted by molar-refractivity contribution is 0.514. The van der Waals surface area contributed by atoms with E-state index in [9.17, 15) is 0 Å². The Morgan fingerprint density at radius 1 is 1.21 bits per heavy atom. The molecule has 1 N–H and O–H groups in total. The number of nitrogens with one attached hydrogen (secondary N) is 1. The van der Waals surface area contributed by atoms with Crippen LogP contribution in [0.15, 0.2) is 17.8 Å². The van der Waals surface area contributed by atoms with Crippen molar-refractivity contribution in [2.45, 2.75) is 39.7 Å². The molecule has 0 saturated heterocycles. The third kappa shape index (κ3) is 4.08. The second-order valence-corrected chi connectivity index (χ2v) is 5.62. The summed E-state index contributed by atoms with van der Waals surface area (Å²) in [5, 5.41) is 6.76. The largest absolute Gasteiger partial charge is 0.308 e. The third-order valence-electron chi connectivity index (χ3n) is 2.84. The van der Waals surface area contributed by atoms with E-state index in [1.165, 1.54) is 0 Å². The Morgan fingerprint density at radius 2 is 2.05 bits per heavy atom. The fraction of sp³-hybridized carbons (Fsp3) is 0.500. The van der Waals surface area contributed by atoms with Gasteiger partial charge in [-0.3, -0.25) is 9.97 Å². The van der Waals surface area contributed by atoms with E-state index in [1.807, 2.05) is 26.2 Å². The van der Waals surface area contributed by atoms with Gasteiger partial charge in [-0.25, -0.2) is 4.98 Å². The van der Waals surface area contributed by atoms with Crippen LogP contribution >= 0.6 is 11.3 Å². The molecular formula is C14H20N4S. The molecule has 4 nitrogen and oxygen atoms in total. The van der Waals surface area contributed by atoms with Gasteiger partial charge >= 0.3 is 0 Å². The SMILES string of the molecule is CCCNC(Cc1nc(C)cs1)c1cnc(C)cn1. The van der Waals surface area contributed by atoms with Crippen molar-refractivity contribution in [3.8, 4) is 0 Å². The Morgan fingerprint density at radius 3 is 2.63 bits per heavy atom. The van der Waals surface area contributed by atoms with E-state index in [0.29, 0.717) is 0 Å². The molecule has 1 atom stereocenters. The molecule has 0 bridgehead atoms. The normalized spacial score (nSPS) is 12.6. The zero-order chi connectivity index (χ0) is 13.7. The smallest absolute Gasteiger partial charge is 0.0947 e. The van der Waals surface area contributed by atoms with Crippen LogP contribution in [0, 0.1) is 13.8 Å². The van der Waals surface area contributed by atoms with E-state index in [2.05, 4.69) is 32.6 Å². The number of nitrogens with zero attached hydrogens (tertiary/aromatic N) is 3. The highest BCUT2D eigenvalue weighted by molar-refractivity contribution is 7.09. The number of hydrogen-bond donors (Lipinski definition) is 1. The van der Waals surface area contributed by atoms with Gasteiger partial charge < -0.3 is 5.32 Å². The fourth-order valence-corrected chi connectivity index (χ4v) is 2.67. The van der Waals surface area contributed by atoms with E-state index in [1.54, 1.807) is 11.3 Å². The van der Waals surface area contributed by atoms with Gasteiger partial charge in [0.25, 0.3) is 0 Å². The highest BCUT2D eigenvalue weighted by Gasteiger charge is 2.15. The molecule has 0 amide bonds. The second kappa shape index (κ2) is 6.73. The number of aryl methyl sites for hydroxylation is 2. The van der Waals surface area contributed by atoms with Gasteiger partial charge in [-0.2, -0.15) is 0 Å². The summed E-state index contributed by atoms with van der Waals surface area (Å²) in [5.74, 6) is 0. The Bertz CT molecular complexity index is 506. The van der Waals surface area contributed by atoms with Crippen LogP contribution in [-0.4, -0.2) is 21.5 Å². The monoisotopic (exact) mass is 276 g/mol. The molecule has 0 aliphatic heterocycles. The van der Waals surface area contributed by atoms with Crippen molar-refractivity contribution in [1.82, 2.24) is 20.3 Å². The minimum absolute atomic E-state index is 0.193. The minimum atomic E-state index is 0.193. The van der Waals surface area contributed by atoms with Crippen molar-refractivity contribution < 1.29 is 0 Å². The van der Waals surface area contributed by atoms with Gasteiger partial charge in [0.2, 0.25) is 0 Å². The van der Waals surface area contributed by atoms with Crippen LogP contribution in [0.5, 0.6) is 0 Å². The Kier molecular flexibility index (Phi) is 4.99. The quantitative estimate of drug-likeness (QED) is 0.881. The molecule has 102 valence electrons. The first-order chi connectivity index (χ1) is 9.19. The van der Waals surface area contributed by atoms with Crippen molar-refractivity contribution >= 4 is 11.3 Å². The molecule has 0 aliphatic carbocycles. The van der Waals surface area contributed by atoms with Crippen LogP contribution in [0.4, 0.5) is 0 Å².